The molecule has 0 spiro atoms. The van der Waals surface area contributed by atoms with Gasteiger partial charge in [0.05, 0.1) is 16.3 Å². The lowest BCUT2D eigenvalue weighted by atomic mass is 10.2. The van der Waals surface area contributed by atoms with Crippen LogP contribution in [0.15, 0.2) is 29.1 Å². The molecule has 2 rings (SSSR count). The molecule has 3 N–H and O–H groups in total. The zero-order valence-electron chi connectivity index (χ0n) is 11.5. The molecule has 1 heterocycles. The Morgan fingerprint density at radius 2 is 2.10 bits per heavy atom. The van der Waals surface area contributed by atoms with E-state index in [9.17, 15) is 9.59 Å². The predicted octanol–water partition coefficient (Wildman–Crippen LogP) is 2.99. The Balaban J connectivity index is 2.34. The van der Waals surface area contributed by atoms with Crippen LogP contribution in [0.2, 0.25) is 5.02 Å². The van der Waals surface area contributed by atoms with Crippen molar-refractivity contribution in [2.24, 2.45) is 0 Å². The second kappa shape index (κ2) is 5.97. The number of rotatable bonds is 4. The third kappa shape index (κ3) is 3.61. The Morgan fingerprint density at radius 1 is 1.38 bits per heavy atom. The van der Waals surface area contributed by atoms with E-state index in [4.69, 9.17) is 16.7 Å². The average molecular weight is 308 g/mol. The summed E-state index contributed by atoms with van der Waals surface area (Å²) in [5.41, 5.74) is 0.302. The molecular weight excluding hydrogens is 294 g/mol. The van der Waals surface area contributed by atoms with E-state index in [1.807, 2.05) is 13.8 Å². The smallest absolute Gasteiger partial charge is 0.335 e. The number of carboxylic acid groups (broad SMARTS) is 1. The van der Waals surface area contributed by atoms with E-state index in [0.29, 0.717) is 17.3 Å². The van der Waals surface area contributed by atoms with E-state index < -0.39 is 5.97 Å². The summed E-state index contributed by atoms with van der Waals surface area (Å²) in [5, 5.41) is 12.0. The van der Waals surface area contributed by atoms with Crippen molar-refractivity contribution in [2.45, 2.75) is 19.8 Å². The first kappa shape index (κ1) is 15.1. The molecule has 2 aromatic rings. The minimum atomic E-state index is -1.06. The molecule has 0 aliphatic rings. The summed E-state index contributed by atoms with van der Waals surface area (Å²) in [5.74, 6) is -0.0696. The average Bonchev–Trinajstić information content (AvgIpc) is 2.40. The second-order valence-corrected chi connectivity index (χ2v) is 5.20. The summed E-state index contributed by atoms with van der Waals surface area (Å²) >= 11 is 6.03. The summed E-state index contributed by atoms with van der Waals surface area (Å²) < 4.78 is 0. The highest BCUT2D eigenvalue weighted by molar-refractivity contribution is 6.33. The van der Waals surface area contributed by atoms with Crippen LogP contribution in [-0.4, -0.2) is 21.0 Å². The van der Waals surface area contributed by atoms with Crippen LogP contribution < -0.4 is 10.9 Å². The molecular formula is C14H14ClN3O3. The van der Waals surface area contributed by atoms with Gasteiger partial charge in [-0.05, 0) is 18.2 Å². The van der Waals surface area contributed by atoms with Crippen LogP contribution in [-0.2, 0) is 0 Å². The van der Waals surface area contributed by atoms with Gasteiger partial charge in [-0.25, -0.2) is 9.78 Å². The number of benzene rings is 1. The van der Waals surface area contributed by atoms with Gasteiger partial charge in [0.25, 0.3) is 5.56 Å². The van der Waals surface area contributed by atoms with E-state index in [2.05, 4.69) is 15.3 Å². The van der Waals surface area contributed by atoms with Gasteiger partial charge < -0.3 is 15.4 Å². The van der Waals surface area contributed by atoms with E-state index in [0.717, 1.165) is 0 Å². The number of hydrogen-bond donors (Lipinski definition) is 3. The number of carboxylic acids is 1. The van der Waals surface area contributed by atoms with Gasteiger partial charge in [-0.15, -0.1) is 0 Å². The first-order valence-corrected chi connectivity index (χ1v) is 6.65. The summed E-state index contributed by atoms with van der Waals surface area (Å²) in [6, 6.07) is 5.60. The fourth-order valence-electron chi connectivity index (χ4n) is 1.70. The van der Waals surface area contributed by atoms with Crippen LogP contribution in [0.1, 0.15) is 35.9 Å². The lowest BCUT2D eigenvalue weighted by Gasteiger charge is -2.10. The molecule has 110 valence electrons. The number of aromatic carboxylic acids is 1. The number of carbonyl (C=O) groups is 1. The summed E-state index contributed by atoms with van der Waals surface area (Å²) in [6.45, 7) is 3.83. The van der Waals surface area contributed by atoms with Gasteiger partial charge in [0.1, 0.15) is 11.6 Å². The molecule has 0 amide bonds. The van der Waals surface area contributed by atoms with E-state index in [1.165, 1.54) is 24.3 Å². The highest BCUT2D eigenvalue weighted by atomic mass is 35.5. The molecule has 7 heteroatoms. The van der Waals surface area contributed by atoms with E-state index in [-0.39, 0.29) is 22.1 Å². The van der Waals surface area contributed by atoms with Crippen LogP contribution >= 0.6 is 11.6 Å². The molecule has 0 saturated carbocycles. The molecule has 0 bridgehead atoms. The van der Waals surface area contributed by atoms with Gasteiger partial charge in [-0.2, -0.15) is 0 Å². The minimum absolute atomic E-state index is 0.0734. The zero-order valence-corrected chi connectivity index (χ0v) is 12.2. The largest absolute Gasteiger partial charge is 0.478 e. The van der Waals surface area contributed by atoms with Crippen molar-refractivity contribution in [1.29, 1.82) is 0 Å². The molecule has 1 aromatic carbocycles. The lowest BCUT2D eigenvalue weighted by Crippen LogP contribution is -2.13. The van der Waals surface area contributed by atoms with Crippen molar-refractivity contribution in [3.63, 3.8) is 0 Å². The van der Waals surface area contributed by atoms with E-state index in [1.54, 1.807) is 0 Å². The molecule has 0 saturated heterocycles. The predicted molar refractivity (Wildman–Crippen MR) is 80.6 cm³/mol. The quantitative estimate of drug-likeness (QED) is 0.807. The van der Waals surface area contributed by atoms with Crippen LogP contribution in [0.25, 0.3) is 0 Å². The molecule has 6 nitrogen and oxygen atoms in total. The normalized spacial score (nSPS) is 10.7. The number of nitrogens with zero attached hydrogens (tertiary/aromatic N) is 1. The van der Waals surface area contributed by atoms with Gasteiger partial charge >= 0.3 is 5.97 Å². The van der Waals surface area contributed by atoms with Crippen molar-refractivity contribution < 1.29 is 9.90 Å². The first-order valence-electron chi connectivity index (χ1n) is 6.28. The number of halogens is 1. The van der Waals surface area contributed by atoms with Crippen molar-refractivity contribution in [3.8, 4) is 0 Å². The van der Waals surface area contributed by atoms with Gasteiger partial charge in [0.2, 0.25) is 0 Å². The number of nitrogens with one attached hydrogen (secondary N) is 2. The molecule has 1 aromatic heterocycles. The van der Waals surface area contributed by atoms with Crippen molar-refractivity contribution in [1.82, 2.24) is 9.97 Å². The number of H-pyrrole nitrogens is 1. The maximum Gasteiger partial charge on any atom is 0.335 e. The molecule has 0 atom stereocenters. The highest BCUT2D eigenvalue weighted by Gasteiger charge is 2.09. The maximum atomic E-state index is 11.6. The van der Waals surface area contributed by atoms with Gasteiger partial charge in [0, 0.05) is 12.0 Å². The molecule has 0 aliphatic carbocycles. The van der Waals surface area contributed by atoms with Gasteiger partial charge in [-0.3, -0.25) is 4.79 Å². The molecule has 0 fully saturated rings. The fraction of sp³-hybridized carbons (Fsp3) is 0.214. The Bertz CT molecular complexity index is 740. The summed E-state index contributed by atoms with van der Waals surface area (Å²) in [7, 11) is 0. The van der Waals surface area contributed by atoms with Crippen LogP contribution in [0, 0.1) is 0 Å². The number of anilines is 2. The first-order chi connectivity index (χ1) is 9.86. The monoisotopic (exact) mass is 307 g/mol. The van der Waals surface area contributed by atoms with Crippen molar-refractivity contribution in [2.75, 3.05) is 5.32 Å². The number of aromatic amines is 1. The lowest BCUT2D eigenvalue weighted by molar-refractivity contribution is 0.0697. The zero-order chi connectivity index (χ0) is 15.6. The Morgan fingerprint density at radius 3 is 2.67 bits per heavy atom. The van der Waals surface area contributed by atoms with Gasteiger partial charge in [0.15, 0.2) is 0 Å². The van der Waals surface area contributed by atoms with E-state index >= 15 is 0 Å². The summed E-state index contributed by atoms with van der Waals surface area (Å²) in [4.78, 5) is 29.4. The van der Waals surface area contributed by atoms with Crippen LogP contribution in [0.3, 0.4) is 0 Å². The van der Waals surface area contributed by atoms with Crippen LogP contribution in [0.4, 0.5) is 11.5 Å². The highest BCUT2D eigenvalue weighted by Crippen LogP contribution is 2.25. The second-order valence-electron chi connectivity index (χ2n) is 4.80. The molecule has 0 unspecified atom stereocenters. The number of aromatic nitrogens is 2. The standard InChI is InChI=1S/C14H14ClN3O3/c1-7(2)13-17-11(6-12(19)18-13)16-10-4-3-8(14(20)21)5-9(10)15/h3-7H,1-2H3,(H,20,21)(H2,16,17,18,19). The topological polar surface area (TPSA) is 95.1 Å². The Hall–Kier alpha value is -2.34. The fourth-order valence-corrected chi connectivity index (χ4v) is 1.93. The molecule has 0 radical (unpaired) electrons. The summed E-state index contributed by atoms with van der Waals surface area (Å²) in [6.07, 6.45) is 0. The van der Waals surface area contributed by atoms with Crippen molar-refractivity contribution in [3.05, 3.63) is 51.0 Å². The van der Waals surface area contributed by atoms with Crippen LogP contribution in [0.5, 0.6) is 0 Å². The molecule has 21 heavy (non-hydrogen) atoms. The third-order valence-corrected chi connectivity index (χ3v) is 3.10. The maximum absolute atomic E-state index is 11.6. The number of hydrogen-bond acceptors (Lipinski definition) is 4. The third-order valence-electron chi connectivity index (χ3n) is 2.79. The molecule has 0 aliphatic heterocycles. The van der Waals surface area contributed by atoms with Crippen molar-refractivity contribution >= 4 is 29.1 Å². The SMILES string of the molecule is CC(C)c1nc(Nc2ccc(C(=O)O)cc2Cl)cc(=O)[nH]1. The Labute approximate surface area is 125 Å². The Kier molecular flexibility index (Phi) is 4.28. The van der Waals surface area contributed by atoms with Gasteiger partial charge in [-0.1, -0.05) is 25.4 Å². The minimum Gasteiger partial charge on any atom is -0.478 e.